The van der Waals surface area contributed by atoms with E-state index in [4.69, 9.17) is 9.47 Å². The number of ether oxygens (including phenoxy) is 2. The second kappa shape index (κ2) is 11.5. The van der Waals surface area contributed by atoms with Crippen molar-refractivity contribution < 1.29 is 28.2 Å². The first-order valence-electron chi connectivity index (χ1n) is 12.3. The fourth-order valence-electron chi connectivity index (χ4n) is 4.67. The predicted octanol–water partition coefficient (Wildman–Crippen LogP) is 3.65. The van der Waals surface area contributed by atoms with Crippen LogP contribution in [0.5, 0.6) is 5.75 Å². The molecule has 9 heteroatoms. The van der Waals surface area contributed by atoms with E-state index in [-0.39, 0.29) is 55.3 Å². The number of nitrogens with one attached hydrogen (secondary N) is 2. The number of halogens is 1. The van der Waals surface area contributed by atoms with Crippen molar-refractivity contribution in [1.29, 1.82) is 0 Å². The lowest BCUT2D eigenvalue weighted by molar-refractivity contribution is -0.134. The Morgan fingerprint density at radius 2 is 1.94 bits per heavy atom. The molecule has 0 unspecified atom stereocenters. The van der Waals surface area contributed by atoms with Crippen LogP contribution in [0.1, 0.15) is 54.9 Å². The molecule has 36 heavy (non-hydrogen) atoms. The summed E-state index contributed by atoms with van der Waals surface area (Å²) in [4.78, 5) is 39.4. The number of rotatable bonds is 7. The Labute approximate surface area is 210 Å². The summed E-state index contributed by atoms with van der Waals surface area (Å²) in [6.45, 7) is 2.27. The van der Waals surface area contributed by atoms with Gasteiger partial charge >= 0.3 is 0 Å². The molecule has 8 nitrogen and oxygen atoms in total. The number of likely N-dealkylation sites (N-methyl/N-ethyl adjacent to an activating group) is 1. The first-order valence-corrected chi connectivity index (χ1v) is 12.3. The zero-order valence-electron chi connectivity index (χ0n) is 20.6. The largest absolute Gasteiger partial charge is 0.490 e. The average molecular weight is 498 g/mol. The zero-order chi connectivity index (χ0) is 25.7. The molecule has 0 spiro atoms. The summed E-state index contributed by atoms with van der Waals surface area (Å²) in [7, 11) is 1.74. The van der Waals surface area contributed by atoms with Gasteiger partial charge in [0.15, 0.2) is 0 Å². The molecule has 2 aliphatic heterocycles. The van der Waals surface area contributed by atoms with E-state index in [1.165, 1.54) is 6.07 Å². The fraction of sp³-hybridized carbons (Fsp3) is 0.444. The summed E-state index contributed by atoms with van der Waals surface area (Å²) in [5, 5.41) is 5.57. The highest BCUT2D eigenvalue weighted by Gasteiger charge is 2.39. The number of benzene rings is 2. The fourth-order valence-corrected chi connectivity index (χ4v) is 4.67. The van der Waals surface area contributed by atoms with E-state index in [2.05, 4.69) is 10.6 Å². The van der Waals surface area contributed by atoms with E-state index >= 15 is 0 Å². The maximum absolute atomic E-state index is 13.8. The van der Waals surface area contributed by atoms with Gasteiger partial charge in [0.2, 0.25) is 11.8 Å². The quantitative estimate of drug-likeness (QED) is 0.609. The third kappa shape index (κ3) is 6.02. The van der Waals surface area contributed by atoms with Crippen LogP contribution in [0.25, 0.3) is 0 Å². The molecule has 3 amide bonds. The van der Waals surface area contributed by atoms with Crippen molar-refractivity contribution in [3.05, 3.63) is 59.4 Å². The van der Waals surface area contributed by atoms with Crippen LogP contribution in [0.2, 0.25) is 0 Å². The van der Waals surface area contributed by atoms with Gasteiger partial charge in [0.1, 0.15) is 24.3 Å². The Morgan fingerprint density at radius 3 is 2.72 bits per heavy atom. The second-order valence-electron chi connectivity index (χ2n) is 9.25. The molecule has 2 N–H and O–H groups in total. The van der Waals surface area contributed by atoms with Crippen molar-refractivity contribution in [3.8, 4) is 5.75 Å². The van der Waals surface area contributed by atoms with Crippen molar-refractivity contribution in [2.75, 3.05) is 19.0 Å². The maximum Gasteiger partial charge on any atom is 0.257 e. The summed E-state index contributed by atoms with van der Waals surface area (Å²) in [5.74, 6) is -0.469. The number of fused-ring (bicyclic) bond motifs is 2. The lowest BCUT2D eigenvalue weighted by Gasteiger charge is -2.42. The lowest BCUT2D eigenvalue weighted by atomic mass is 9.94. The number of carbonyl (C=O) groups is 3. The topological polar surface area (TPSA) is 97.0 Å². The van der Waals surface area contributed by atoms with Crippen molar-refractivity contribution >= 4 is 23.4 Å². The van der Waals surface area contributed by atoms with Crippen LogP contribution in [0.3, 0.4) is 0 Å². The van der Waals surface area contributed by atoms with Gasteiger partial charge in [-0.3, -0.25) is 14.4 Å². The molecule has 1 fully saturated rings. The minimum Gasteiger partial charge on any atom is -0.490 e. The van der Waals surface area contributed by atoms with Crippen molar-refractivity contribution in [2.24, 2.45) is 0 Å². The zero-order valence-corrected chi connectivity index (χ0v) is 20.6. The first kappa shape index (κ1) is 25.6. The second-order valence-corrected chi connectivity index (χ2v) is 9.25. The van der Waals surface area contributed by atoms with Crippen molar-refractivity contribution in [3.63, 3.8) is 0 Å². The molecule has 192 valence electrons. The summed E-state index contributed by atoms with van der Waals surface area (Å²) in [6, 6.07) is 11.2. The molecule has 2 heterocycles. The molecule has 0 aliphatic carbocycles. The molecule has 3 atom stereocenters. The summed E-state index contributed by atoms with van der Waals surface area (Å²) < 4.78 is 26.0. The van der Waals surface area contributed by atoms with Crippen LogP contribution in [0.15, 0.2) is 42.5 Å². The number of amides is 3. The number of carbonyl (C=O) groups excluding carboxylic acids is 3. The Hall–Kier alpha value is -3.46. The van der Waals surface area contributed by atoms with Gasteiger partial charge in [0, 0.05) is 31.3 Å². The number of anilines is 1. The van der Waals surface area contributed by atoms with Crippen LogP contribution in [-0.4, -0.2) is 54.5 Å². The van der Waals surface area contributed by atoms with E-state index in [9.17, 15) is 18.8 Å². The molecule has 0 bridgehead atoms. The number of nitrogens with zero attached hydrogens (tertiary/aromatic N) is 1. The minimum atomic E-state index is -0.394. The Balaban J connectivity index is 1.38. The smallest absolute Gasteiger partial charge is 0.257 e. The third-order valence-corrected chi connectivity index (χ3v) is 6.62. The molecular formula is C27H32FN3O5. The van der Waals surface area contributed by atoms with Crippen molar-refractivity contribution in [1.82, 2.24) is 10.2 Å². The summed E-state index contributed by atoms with van der Waals surface area (Å²) >= 11 is 0. The number of hydrogen-bond donors (Lipinski definition) is 2. The van der Waals surface area contributed by atoms with E-state index in [0.29, 0.717) is 41.8 Å². The van der Waals surface area contributed by atoms with Gasteiger partial charge in [0.05, 0.1) is 24.1 Å². The Morgan fingerprint density at radius 1 is 1.14 bits per heavy atom. The van der Waals surface area contributed by atoms with Crippen LogP contribution in [0.4, 0.5) is 10.1 Å². The van der Waals surface area contributed by atoms with E-state index in [1.54, 1.807) is 48.3 Å². The monoisotopic (exact) mass is 497 g/mol. The first-order chi connectivity index (χ1) is 17.4. The van der Waals surface area contributed by atoms with Crippen LogP contribution in [-0.2, 0) is 20.9 Å². The highest BCUT2D eigenvalue weighted by atomic mass is 19.1. The molecule has 2 aromatic rings. The van der Waals surface area contributed by atoms with E-state index in [1.807, 2.05) is 6.92 Å². The normalized spacial score (nSPS) is 21.4. The predicted molar refractivity (Wildman–Crippen MR) is 132 cm³/mol. The SMILES string of the molecule is CCCC(=O)Nc1ccc2c(c1)C(=O)N(C)[C@H]1CC[C@@H](CC(=O)NCc3ccccc3F)O[C@H]1CO2. The summed E-state index contributed by atoms with van der Waals surface area (Å²) in [6.07, 6.45) is 1.83. The average Bonchev–Trinajstić information content (AvgIpc) is 2.86. The third-order valence-electron chi connectivity index (χ3n) is 6.62. The van der Waals surface area contributed by atoms with E-state index in [0.717, 1.165) is 6.42 Å². The molecule has 1 saturated heterocycles. The number of hydrogen-bond acceptors (Lipinski definition) is 5. The summed E-state index contributed by atoms with van der Waals surface area (Å²) in [5.41, 5.74) is 1.37. The molecular weight excluding hydrogens is 465 g/mol. The van der Waals surface area contributed by atoms with E-state index < -0.39 is 6.10 Å². The van der Waals surface area contributed by atoms with Gasteiger partial charge in [0.25, 0.3) is 5.91 Å². The van der Waals surface area contributed by atoms with Crippen LogP contribution < -0.4 is 15.4 Å². The van der Waals surface area contributed by atoms with Gasteiger partial charge in [-0.15, -0.1) is 0 Å². The minimum absolute atomic E-state index is 0.102. The van der Waals surface area contributed by atoms with Crippen molar-refractivity contribution in [2.45, 2.75) is 63.8 Å². The molecule has 2 aromatic carbocycles. The highest BCUT2D eigenvalue weighted by molar-refractivity contribution is 5.99. The molecule has 4 rings (SSSR count). The van der Waals surface area contributed by atoms with Gasteiger partial charge in [-0.25, -0.2) is 4.39 Å². The standard InChI is InChI=1S/C27H32FN3O5/c1-3-6-25(32)30-18-9-12-23-20(13-18)27(34)31(2)22-11-10-19(36-24(22)16-35-23)14-26(33)29-15-17-7-4-5-8-21(17)28/h4-5,7-9,12-13,19,22,24H,3,6,10-11,14-16H2,1-2H3,(H,29,33)(H,30,32)/t19-,22-,24-/m0/s1. The Kier molecular flexibility index (Phi) is 8.20. The highest BCUT2D eigenvalue weighted by Crippen LogP contribution is 2.32. The molecule has 0 saturated carbocycles. The van der Waals surface area contributed by atoms with Crippen LogP contribution in [0, 0.1) is 5.82 Å². The molecule has 2 aliphatic rings. The van der Waals surface area contributed by atoms with Gasteiger partial charge in [-0.1, -0.05) is 25.1 Å². The maximum atomic E-state index is 13.8. The van der Waals surface area contributed by atoms with Gasteiger partial charge < -0.3 is 25.0 Å². The van der Waals surface area contributed by atoms with Gasteiger partial charge in [-0.05, 0) is 43.5 Å². The Bertz CT molecular complexity index is 1120. The lowest BCUT2D eigenvalue weighted by Crippen LogP contribution is -2.53. The molecule has 0 aromatic heterocycles. The molecule has 0 radical (unpaired) electrons. The van der Waals surface area contributed by atoms with Gasteiger partial charge in [-0.2, -0.15) is 0 Å². The van der Waals surface area contributed by atoms with Crippen LogP contribution >= 0.6 is 0 Å².